The van der Waals surface area contributed by atoms with Crippen LogP contribution in [0, 0.1) is 0 Å². The van der Waals surface area contributed by atoms with Crippen LogP contribution in [0.15, 0.2) is 58.2 Å². The van der Waals surface area contributed by atoms with Crippen molar-refractivity contribution in [1.82, 2.24) is 10.2 Å². The van der Waals surface area contributed by atoms with Gasteiger partial charge in [-0.25, -0.2) is 0 Å². The lowest BCUT2D eigenvalue weighted by Gasteiger charge is -2.10. The van der Waals surface area contributed by atoms with E-state index < -0.39 is 0 Å². The third-order valence-electron chi connectivity index (χ3n) is 4.20. The first kappa shape index (κ1) is 19.5. The predicted molar refractivity (Wildman–Crippen MR) is 109 cm³/mol. The van der Waals surface area contributed by atoms with Crippen LogP contribution in [-0.4, -0.2) is 21.9 Å². The minimum Gasteiger partial charge on any atom is -0.411 e. The lowest BCUT2D eigenvalue weighted by molar-refractivity contribution is -0.113. The van der Waals surface area contributed by atoms with Crippen molar-refractivity contribution in [2.45, 2.75) is 31.4 Å². The Morgan fingerprint density at radius 1 is 1.15 bits per heavy atom. The van der Waals surface area contributed by atoms with Crippen molar-refractivity contribution in [3.05, 3.63) is 59.1 Å². The number of benzene rings is 2. The first-order chi connectivity index (χ1) is 13.0. The molecular formula is C20H20ClN3O2S. The van der Waals surface area contributed by atoms with Crippen molar-refractivity contribution in [1.29, 1.82) is 0 Å². The summed E-state index contributed by atoms with van der Waals surface area (Å²) < 4.78 is 5.58. The number of thioether (sulfide) groups is 1. The van der Waals surface area contributed by atoms with Gasteiger partial charge in [-0.3, -0.25) is 4.79 Å². The van der Waals surface area contributed by atoms with E-state index in [1.807, 2.05) is 24.3 Å². The van der Waals surface area contributed by atoms with Crippen LogP contribution in [0.3, 0.4) is 0 Å². The van der Waals surface area contributed by atoms with Crippen molar-refractivity contribution >= 4 is 35.0 Å². The highest BCUT2D eigenvalue weighted by Gasteiger charge is 2.12. The van der Waals surface area contributed by atoms with Gasteiger partial charge in [0.05, 0.1) is 5.75 Å². The van der Waals surface area contributed by atoms with Crippen LogP contribution >= 0.6 is 23.4 Å². The van der Waals surface area contributed by atoms with Crippen LogP contribution in [0.1, 0.15) is 31.7 Å². The molecule has 0 unspecified atom stereocenters. The van der Waals surface area contributed by atoms with Crippen LogP contribution in [0.5, 0.6) is 0 Å². The monoisotopic (exact) mass is 401 g/mol. The summed E-state index contributed by atoms with van der Waals surface area (Å²) in [6.07, 6.45) is 1.09. The molecule has 1 atom stereocenters. The van der Waals surface area contributed by atoms with Crippen molar-refractivity contribution in [3.63, 3.8) is 0 Å². The Labute approximate surface area is 167 Å². The molecule has 2 aromatic carbocycles. The van der Waals surface area contributed by atoms with Crippen LogP contribution in [0.4, 0.5) is 5.69 Å². The Morgan fingerprint density at radius 3 is 2.52 bits per heavy atom. The van der Waals surface area contributed by atoms with E-state index in [0.29, 0.717) is 22.1 Å². The molecule has 0 aliphatic carbocycles. The molecule has 0 saturated carbocycles. The maximum atomic E-state index is 12.1. The van der Waals surface area contributed by atoms with E-state index in [1.165, 1.54) is 17.3 Å². The van der Waals surface area contributed by atoms with Gasteiger partial charge in [-0.15, -0.1) is 10.2 Å². The number of carbonyl (C=O) groups excluding carboxylic acids is 1. The summed E-state index contributed by atoms with van der Waals surface area (Å²) in [4.78, 5) is 12.1. The second kappa shape index (κ2) is 9.06. The smallest absolute Gasteiger partial charge is 0.277 e. The molecule has 27 heavy (non-hydrogen) atoms. The number of carbonyl (C=O) groups is 1. The first-order valence-electron chi connectivity index (χ1n) is 8.67. The fraction of sp³-hybridized carbons (Fsp3) is 0.250. The molecule has 0 spiro atoms. The molecule has 1 amide bonds. The number of nitrogens with one attached hydrogen (secondary N) is 1. The molecule has 140 valence electrons. The average molecular weight is 402 g/mol. The molecule has 0 fully saturated rings. The van der Waals surface area contributed by atoms with Crippen LogP contribution in [0.25, 0.3) is 11.5 Å². The van der Waals surface area contributed by atoms with Gasteiger partial charge in [0, 0.05) is 16.3 Å². The zero-order chi connectivity index (χ0) is 19.2. The van der Waals surface area contributed by atoms with Gasteiger partial charge >= 0.3 is 0 Å². The molecule has 3 aromatic rings. The number of nitrogens with zero attached hydrogens (tertiary/aromatic N) is 2. The molecule has 0 saturated heterocycles. The summed E-state index contributed by atoms with van der Waals surface area (Å²) in [5.41, 5.74) is 2.83. The number of rotatable bonds is 7. The van der Waals surface area contributed by atoms with Crippen LogP contribution < -0.4 is 5.32 Å². The van der Waals surface area contributed by atoms with Gasteiger partial charge in [-0.2, -0.15) is 0 Å². The van der Waals surface area contributed by atoms with E-state index in [4.69, 9.17) is 16.0 Å². The molecule has 0 bridgehead atoms. The number of anilines is 1. The number of halogens is 1. The zero-order valence-corrected chi connectivity index (χ0v) is 16.7. The summed E-state index contributed by atoms with van der Waals surface area (Å²) in [5.74, 6) is 0.977. The SMILES string of the molecule is CC[C@@H](C)c1ccc(NC(=O)CSc2nnc(-c3ccc(Cl)cc3)o2)cc1. The van der Waals surface area contributed by atoms with E-state index in [1.54, 1.807) is 24.3 Å². The van der Waals surface area contributed by atoms with Crippen molar-refractivity contribution in [3.8, 4) is 11.5 Å². The minimum atomic E-state index is -0.123. The Bertz CT molecular complexity index is 894. The fourth-order valence-corrected chi connectivity index (χ4v) is 3.12. The topological polar surface area (TPSA) is 68.0 Å². The Morgan fingerprint density at radius 2 is 1.85 bits per heavy atom. The molecule has 1 aromatic heterocycles. The fourth-order valence-electron chi connectivity index (χ4n) is 2.43. The van der Waals surface area contributed by atoms with E-state index in [2.05, 4.69) is 29.4 Å². The van der Waals surface area contributed by atoms with Gasteiger partial charge in [0.1, 0.15) is 0 Å². The largest absolute Gasteiger partial charge is 0.411 e. The van der Waals surface area contributed by atoms with Gasteiger partial charge in [0.15, 0.2) is 0 Å². The number of hydrogen-bond donors (Lipinski definition) is 1. The molecule has 3 rings (SSSR count). The van der Waals surface area contributed by atoms with Gasteiger partial charge in [-0.1, -0.05) is 49.3 Å². The molecule has 7 heteroatoms. The normalized spacial score (nSPS) is 12.0. The second-order valence-corrected chi connectivity index (χ2v) is 7.51. The quantitative estimate of drug-likeness (QED) is 0.519. The highest BCUT2D eigenvalue weighted by Crippen LogP contribution is 2.25. The van der Waals surface area contributed by atoms with Crippen LogP contribution in [0.2, 0.25) is 5.02 Å². The first-order valence-corrected chi connectivity index (χ1v) is 10.0. The molecule has 0 aliphatic heterocycles. The van der Waals surface area contributed by atoms with Gasteiger partial charge in [0.25, 0.3) is 5.22 Å². The Kier molecular flexibility index (Phi) is 6.53. The number of aromatic nitrogens is 2. The van der Waals surface area contributed by atoms with Crippen molar-refractivity contribution < 1.29 is 9.21 Å². The summed E-state index contributed by atoms with van der Waals surface area (Å²) >= 11 is 7.07. The molecule has 0 radical (unpaired) electrons. The average Bonchev–Trinajstić information content (AvgIpc) is 3.16. The van der Waals surface area contributed by atoms with Gasteiger partial charge in [0.2, 0.25) is 11.8 Å². The van der Waals surface area contributed by atoms with E-state index in [-0.39, 0.29) is 11.7 Å². The lowest BCUT2D eigenvalue weighted by Crippen LogP contribution is -2.14. The lowest BCUT2D eigenvalue weighted by atomic mass is 9.99. The summed E-state index contributed by atoms with van der Waals surface area (Å²) in [7, 11) is 0. The maximum Gasteiger partial charge on any atom is 0.277 e. The molecule has 0 aliphatic rings. The minimum absolute atomic E-state index is 0.123. The summed E-state index contributed by atoms with van der Waals surface area (Å²) in [5, 5.41) is 11.8. The van der Waals surface area contributed by atoms with Gasteiger partial charge < -0.3 is 9.73 Å². The highest BCUT2D eigenvalue weighted by atomic mass is 35.5. The third-order valence-corrected chi connectivity index (χ3v) is 5.27. The zero-order valence-electron chi connectivity index (χ0n) is 15.1. The molecule has 1 N–H and O–H groups in total. The maximum absolute atomic E-state index is 12.1. The molecule has 1 heterocycles. The van der Waals surface area contributed by atoms with E-state index >= 15 is 0 Å². The standard InChI is InChI=1S/C20H20ClN3O2S/c1-3-13(2)14-6-10-17(11-7-14)22-18(25)12-27-20-24-23-19(26-20)15-4-8-16(21)9-5-15/h4-11,13H,3,12H2,1-2H3,(H,22,25)/t13-/m1/s1. The second-order valence-electron chi connectivity index (χ2n) is 6.15. The highest BCUT2D eigenvalue weighted by molar-refractivity contribution is 7.99. The summed E-state index contributed by atoms with van der Waals surface area (Å²) in [6.45, 7) is 4.35. The van der Waals surface area contributed by atoms with Crippen LogP contribution in [-0.2, 0) is 4.79 Å². The van der Waals surface area contributed by atoms with Crippen molar-refractivity contribution in [2.75, 3.05) is 11.1 Å². The van der Waals surface area contributed by atoms with E-state index in [0.717, 1.165) is 17.7 Å². The van der Waals surface area contributed by atoms with Gasteiger partial charge in [-0.05, 0) is 54.3 Å². The number of hydrogen-bond acceptors (Lipinski definition) is 5. The van der Waals surface area contributed by atoms with E-state index in [9.17, 15) is 4.79 Å². The number of amides is 1. The molecular weight excluding hydrogens is 382 g/mol. The van der Waals surface area contributed by atoms with Crippen molar-refractivity contribution in [2.24, 2.45) is 0 Å². The predicted octanol–water partition coefficient (Wildman–Crippen LogP) is 5.63. The summed E-state index contributed by atoms with van der Waals surface area (Å²) in [6, 6.07) is 15.1. The third kappa shape index (κ3) is 5.34. The Hall–Kier alpha value is -2.31. The molecule has 5 nitrogen and oxygen atoms in total. The Balaban J connectivity index is 1.53.